The number of fused-ring (bicyclic) bond motifs is 6. The van der Waals surface area contributed by atoms with Crippen LogP contribution in [0.3, 0.4) is 0 Å². The maximum Gasteiger partial charge on any atom is 0.0541 e. The Morgan fingerprint density at radius 2 is 0.698 bits per heavy atom. The lowest BCUT2D eigenvalue weighted by molar-refractivity contribution is 1.18. The topological polar surface area (TPSA) is 8.17 Å². The van der Waals surface area contributed by atoms with E-state index in [2.05, 4.69) is 252 Å². The molecule has 63 heavy (non-hydrogen) atoms. The van der Waals surface area contributed by atoms with Crippen molar-refractivity contribution in [3.63, 3.8) is 0 Å². The zero-order chi connectivity index (χ0) is 41.7. The smallest absolute Gasteiger partial charge is 0.0541 e. The Morgan fingerprint density at radius 1 is 0.286 bits per heavy atom. The minimum atomic E-state index is 1.11. The predicted molar refractivity (Wildman–Crippen MR) is 270 cm³/mol. The number of hydrogen-bond donors (Lipinski definition) is 0. The molecule has 0 saturated carbocycles. The highest BCUT2D eigenvalue weighted by Gasteiger charge is 2.17. The van der Waals surface area contributed by atoms with Gasteiger partial charge in [-0.3, -0.25) is 0 Å². The molecule has 12 aromatic rings. The van der Waals surface area contributed by atoms with E-state index >= 15 is 0 Å². The van der Waals surface area contributed by atoms with E-state index in [0.29, 0.717) is 0 Å². The average Bonchev–Trinajstić information content (AvgIpc) is 3.90. The maximum absolute atomic E-state index is 2.41. The quantitative estimate of drug-likeness (QED) is 0.148. The van der Waals surface area contributed by atoms with Crippen LogP contribution >= 0.6 is 11.3 Å². The fraction of sp³-hybridized carbons (Fsp3) is 0. The maximum atomic E-state index is 2.41. The lowest BCUT2D eigenvalue weighted by atomic mass is 9.98. The minimum Gasteiger partial charge on any atom is -0.310 e. The molecule has 0 aliphatic heterocycles. The SMILES string of the molecule is c1ccc(-c2ccc(-c3ccc(N(c4ccc(-c5ccc(-c6ccccc6-n6c7ccccc7c7ccccc76)cc5)cc4)c4ccc5c(c4)sc4ccccc45)cc3)cc2)cc1. The molecule has 0 amide bonds. The standard InChI is InChI=1S/C60H40N2S/c1-2-12-41(13-3-1)42-22-24-43(25-23-42)45-30-34-48(35-31-45)61(50-38-39-55-54-17-7-11-21-59(54)63-60(55)40-50)49-36-32-46(33-37-49)44-26-28-47(29-27-44)51-14-4-8-18-56(51)62-57-19-9-5-15-52(57)53-16-6-10-20-58(53)62/h1-40H. The highest BCUT2D eigenvalue weighted by Crippen LogP contribution is 2.42. The van der Waals surface area contributed by atoms with E-state index in [-0.39, 0.29) is 0 Å². The van der Waals surface area contributed by atoms with E-state index in [0.717, 1.165) is 17.1 Å². The van der Waals surface area contributed by atoms with Crippen molar-refractivity contribution in [3.8, 4) is 50.2 Å². The molecule has 0 unspecified atom stereocenters. The molecule has 0 saturated heterocycles. The summed E-state index contributed by atoms with van der Waals surface area (Å²) in [6.45, 7) is 0. The molecule has 0 fully saturated rings. The summed E-state index contributed by atoms with van der Waals surface area (Å²) >= 11 is 1.85. The summed E-state index contributed by atoms with van der Waals surface area (Å²) in [5, 5.41) is 5.14. The Bertz CT molecular complexity index is 3530. The minimum absolute atomic E-state index is 1.11. The third-order valence-corrected chi connectivity index (χ3v) is 13.6. The predicted octanol–water partition coefficient (Wildman–Crippen LogP) is 17.3. The zero-order valence-corrected chi connectivity index (χ0v) is 35.2. The molecule has 0 bridgehead atoms. The van der Waals surface area contributed by atoms with Gasteiger partial charge >= 0.3 is 0 Å². The Morgan fingerprint density at radius 3 is 1.29 bits per heavy atom. The molecule has 2 heterocycles. The van der Waals surface area contributed by atoms with Gasteiger partial charge in [0.15, 0.2) is 0 Å². The van der Waals surface area contributed by atoms with Gasteiger partial charge in [0.25, 0.3) is 0 Å². The van der Waals surface area contributed by atoms with Crippen LogP contribution in [-0.4, -0.2) is 4.57 Å². The molecule has 2 nitrogen and oxygen atoms in total. The van der Waals surface area contributed by atoms with Crippen LogP contribution in [0.4, 0.5) is 17.1 Å². The second kappa shape index (κ2) is 15.5. The molecule has 0 atom stereocenters. The van der Waals surface area contributed by atoms with Crippen molar-refractivity contribution in [3.05, 3.63) is 243 Å². The molecule has 0 spiro atoms. The van der Waals surface area contributed by atoms with Crippen LogP contribution in [-0.2, 0) is 0 Å². The van der Waals surface area contributed by atoms with E-state index in [1.54, 1.807) is 0 Å². The first kappa shape index (κ1) is 36.8. The summed E-state index contributed by atoms with van der Waals surface area (Å²) in [5.41, 5.74) is 16.5. The zero-order valence-electron chi connectivity index (χ0n) is 34.4. The molecule has 2 aromatic heterocycles. The molecular weight excluding hydrogens is 781 g/mol. The number of anilines is 3. The van der Waals surface area contributed by atoms with Crippen molar-refractivity contribution in [1.29, 1.82) is 0 Å². The number of benzene rings is 10. The summed E-state index contributed by atoms with van der Waals surface area (Å²) < 4.78 is 5.00. The van der Waals surface area contributed by atoms with E-state index < -0.39 is 0 Å². The molecule has 0 aliphatic rings. The lowest BCUT2D eigenvalue weighted by Crippen LogP contribution is -2.09. The first-order valence-corrected chi connectivity index (χ1v) is 22.3. The number of thiophene rings is 1. The molecule has 0 radical (unpaired) electrons. The van der Waals surface area contributed by atoms with Gasteiger partial charge in [0.2, 0.25) is 0 Å². The van der Waals surface area contributed by atoms with E-state index in [1.807, 2.05) is 11.3 Å². The largest absolute Gasteiger partial charge is 0.310 e. The molecule has 0 aliphatic carbocycles. The number of rotatable bonds is 8. The van der Waals surface area contributed by atoms with Crippen LogP contribution in [0.5, 0.6) is 0 Å². The lowest BCUT2D eigenvalue weighted by Gasteiger charge is -2.26. The normalized spacial score (nSPS) is 11.5. The Labute approximate surface area is 370 Å². The molecule has 0 N–H and O–H groups in total. The highest BCUT2D eigenvalue weighted by molar-refractivity contribution is 7.25. The van der Waals surface area contributed by atoms with Crippen molar-refractivity contribution in [1.82, 2.24) is 4.57 Å². The number of para-hydroxylation sites is 3. The Hall–Kier alpha value is -7.98. The average molecular weight is 821 g/mol. The molecular formula is C60H40N2S. The van der Waals surface area contributed by atoms with Crippen molar-refractivity contribution in [2.24, 2.45) is 0 Å². The highest BCUT2D eigenvalue weighted by atomic mass is 32.1. The summed E-state index contributed by atoms with van der Waals surface area (Å²) in [6.07, 6.45) is 0. The third kappa shape index (κ3) is 6.58. The van der Waals surface area contributed by atoms with Crippen LogP contribution in [0.2, 0.25) is 0 Å². The van der Waals surface area contributed by atoms with Crippen molar-refractivity contribution < 1.29 is 0 Å². The molecule has 3 heteroatoms. The van der Waals surface area contributed by atoms with Gasteiger partial charge in [0.05, 0.1) is 16.7 Å². The van der Waals surface area contributed by atoms with Gasteiger partial charge in [-0.05, 0) is 99.6 Å². The first-order valence-electron chi connectivity index (χ1n) is 21.5. The molecule has 296 valence electrons. The van der Waals surface area contributed by atoms with E-state index in [4.69, 9.17) is 0 Å². The van der Waals surface area contributed by atoms with Gasteiger partial charge in [-0.25, -0.2) is 0 Å². The Kier molecular flexibility index (Phi) is 9.06. The fourth-order valence-electron chi connectivity index (χ4n) is 9.33. The van der Waals surface area contributed by atoms with Crippen molar-refractivity contribution in [2.75, 3.05) is 4.90 Å². The van der Waals surface area contributed by atoms with Crippen LogP contribution in [0, 0.1) is 0 Å². The Balaban J connectivity index is 0.880. The molecule has 10 aromatic carbocycles. The summed E-state index contributed by atoms with van der Waals surface area (Å²) in [5.74, 6) is 0. The number of aromatic nitrogens is 1. The van der Waals surface area contributed by atoms with Gasteiger partial charge in [0.1, 0.15) is 0 Å². The van der Waals surface area contributed by atoms with Crippen LogP contribution in [0.25, 0.3) is 92.2 Å². The fourth-order valence-corrected chi connectivity index (χ4v) is 10.5. The van der Waals surface area contributed by atoms with Crippen LogP contribution in [0.1, 0.15) is 0 Å². The van der Waals surface area contributed by atoms with E-state index in [1.165, 1.54) is 92.2 Å². The van der Waals surface area contributed by atoms with Gasteiger partial charge in [-0.2, -0.15) is 0 Å². The second-order valence-electron chi connectivity index (χ2n) is 16.1. The molecule has 12 rings (SSSR count). The summed E-state index contributed by atoms with van der Waals surface area (Å²) in [4.78, 5) is 2.38. The second-order valence-corrected chi connectivity index (χ2v) is 17.2. The third-order valence-electron chi connectivity index (χ3n) is 12.5. The van der Waals surface area contributed by atoms with Crippen molar-refractivity contribution in [2.45, 2.75) is 0 Å². The van der Waals surface area contributed by atoms with E-state index in [9.17, 15) is 0 Å². The van der Waals surface area contributed by atoms with Gasteiger partial charge in [-0.15, -0.1) is 11.3 Å². The number of hydrogen-bond acceptors (Lipinski definition) is 2. The van der Waals surface area contributed by atoms with Gasteiger partial charge < -0.3 is 9.47 Å². The summed E-state index contributed by atoms with van der Waals surface area (Å²) in [7, 11) is 0. The monoisotopic (exact) mass is 820 g/mol. The van der Waals surface area contributed by atoms with Crippen LogP contribution in [0.15, 0.2) is 243 Å². The van der Waals surface area contributed by atoms with Gasteiger partial charge in [-0.1, -0.05) is 182 Å². The first-order chi connectivity index (χ1) is 31.2. The van der Waals surface area contributed by atoms with Gasteiger partial charge in [0, 0.05) is 53.6 Å². The van der Waals surface area contributed by atoms with Crippen LogP contribution < -0.4 is 4.90 Å². The van der Waals surface area contributed by atoms with Crippen molar-refractivity contribution >= 4 is 70.4 Å². The number of nitrogens with zero attached hydrogens (tertiary/aromatic N) is 2. The summed E-state index contributed by atoms with van der Waals surface area (Å²) in [6, 6.07) is 88.3.